The van der Waals surface area contributed by atoms with Crippen LogP contribution >= 0.6 is 27.5 Å². The van der Waals surface area contributed by atoms with Crippen LogP contribution in [0.25, 0.3) is 16.9 Å². The zero-order valence-electron chi connectivity index (χ0n) is 18.2. The summed E-state index contributed by atoms with van der Waals surface area (Å²) < 4.78 is 41.9. The molecule has 1 aromatic carbocycles. The minimum absolute atomic E-state index is 0.0214. The third kappa shape index (κ3) is 5.63. The summed E-state index contributed by atoms with van der Waals surface area (Å²) in [5, 5.41) is 8.41. The number of fused-ring (bicyclic) bond motifs is 1. The summed E-state index contributed by atoms with van der Waals surface area (Å²) in [7, 11) is 1.92. The molecule has 5 nitrogen and oxygen atoms in total. The van der Waals surface area contributed by atoms with Crippen LogP contribution in [0.4, 0.5) is 19.0 Å². The number of alkyl halides is 3. The van der Waals surface area contributed by atoms with Crippen LogP contribution < -0.4 is 5.32 Å². The van der Waals surface area contributed by atoms with Gasteiger partial charge in [0.1, 0.15) is 5.82 Å². The van der Waals surface area contributed by atoms with Crippen molar-refractivity contribution in [2.75, 3.05) is 25.5 Å². The second-order valence-corrected chi connectivity index (χ2v) is 9.82. The van der Waals surface area contributed by atoms with Gasteiger partial charge in [0.25, 0.3) is 0 Å². The van der Waals surface area contributed by atoms with Gasteiger partial charge in [0, 0.05) is 29.2 Å². The van der Waals surface area contributed by atoms with Crippen molar-refractivity contribution >= 4 is 39.0 Å². The molecule has 4 rings (SSSR count). The lowest BCUT2D eigenvalue weighted by Gasteiger charge is -2.36. The van der Waals surface area contributed by atoms with E-state index in [1.807, 2.05) is 37.4 Å². The number of halogens is 5. The van der Waals surface area contributed by atoms with Crippen molar-refractivity contribution in [1.82, 2.24) is 19.5 Å². The van der Waals surface area contributed by atoms with E-state index in [0.29, 0.717) is 23.6 Å². The average molecular weight is 545 g/mol. The van der Waals surface area contributed by atoms with Crippen molar-refractivity contribution < 1.29 is 13.2 Å². The highest BCUT2D eigenvalue weighted by atomic mass is 79.9. The Bertz CT molecular complexity index is 1100. The van der Waals surface area contributed by atoms with E-state index in [9.17, 15) is 13.2 Å². The van der Waals surface area contributed by atoms with Crippen LogP contribution in [0.1, 0.15) is 32.1 Å². The molecule has 33 heavy (non-hydrogen) atoms. The molecule has 2 heterocycles. The quantitative estimate of drug-likeness (QED) is 0.338. The second kappa shape index (κ2) is 10.2. The van der Waals surface area contributed by atoms with Gasteiger partial charge in [0.05, 0.1) is 22.3 Å². The van der Waals surface area contributed by atoms with Crippen molar-refractivity contribution in [1.29, 1.82) is 0 Å². The first kappa shape index (κ1) is 24.3. The van der Waals surface area contributed by atoms with Gasteiger partial charge >= 0.3 is 6.18 Å². The van der Waals surface area contributed by atoms with E-state index < -0.39 is 12.1 Å². The Morgan fingerprint density at radius 3 is 2.82 bits per heavy atom. The topological polar surface area (TPSA) is 45.5 Å². The van der Waals surface area contributed by atoms with Crippen molar-refractivity contribution in [3.63, 3.8) is 0 Å². The lowest BCUT2D eigenvalue weighted by molar-refractivity contribution is -0.186. The molecule has 0 radical (unpaired) electrons. The van der Waals surface area contributed by atoms with Crippen molar-refractivity contribution in [3.8, 4) is 11.3 Å². The number of aromatic nitrogens is 3. The molecule has 1 saturated carbocycles. The first-order valence-electron chi connectivity index (χ1n) is 11.0. The zero-order chi connectivity index (χ0) is 23.6. The molecule has 178 valence electrons. The molecule has 2 aromatic heterocycles. The number of nitrogens with zero attached hydrogens (tertiary/aromatic N) is 4. The normalized spacial score (nSPS) is 19.4. The predicted octanol–water partition coefficient (Wildman–Crippen LogP) is 6.67. The van der Waals surface area contributed by atoms with Gasteiger partial charge in [-0.1, -0.05) is 36.2 Å². The number of anilines is 1. The molecule has 0 aliphatic heterocycles. The third-order valence-corrected chi connectivity index (χ3v) is 7.19. The maximum absolute atomic E-state index is 13.1. The lowest BCUT2D eigenvalue weighted by Crippen LogP contribution is -2.40. The molecule has 0 amide bonds. The molecule has 0 bridgehead atoms. The Morgan fingerprint density at radius 2 is 2.06 bits per heavy atom. The molecule has 0 spiro atoms. The summed E-state index contributed by atoms with van der Waals surface area (Å²) in [6.45, 7) is 1.37. The predicted molar refractivity (Wildman–Crippen MR) is 129 cm³/mol. The second-order valence-electron chi connectivity index (χ2n) is 8.55. The van der Waals surface area contributed by atoms with Crippen LogP contribution in [0, 0.1) is 5.92 Å². The van der Waals surface area contributed by atoms with Crippen molar-refractivity contribution in [2.24, 2.45) is 5.92 Å². The Balaban J connectivity index is 1.41. The molecule has 2 atom stereocenters. The van der Waals surface area contributed by atoms with Crippen molar-refractivity contribution in [3.05, 3.63) is 46.0 Å². The molecular weight excluding hydrogens is 519 g/mol. The number of nitrogens with one attached hydrogen (secondary N) is 1. The van der Waals surface area contributed by atoms with E-state index in [0.717, 1.165) is 40.9 Å². The lowest BCUT2D eigenvalue weighted by atomic mass is 9.84. The molecule has 1 aliphatic carbocycles. The maximum Gasteiger partial charge on any atom is 0.391 e. The van der Waals surface area contributed by atoms with E-state index >= 15 is 0 Å². The van der Waals surface area contributed by atoms with E-state index in [1.165, 1.54) is 0 Å². The van der Waals surface area contributed by atoms with Crippen LogP contribution in [-0.4, -0.2) is 51.9 Å². The summed E-state index contributed by atoms with van der Waals surface area (Å²) >= 11 is 9.88. The SMILES string of the molecule is CN(CCCNc1cc(-c2ccccc2Cl)nc2c(Br)cnn12)C1CCCC(C(F)(F)F)C1. The third-order valence-electron chi connectivity index (χ3n) is 6.31. The molecule has 3 aromatic rings. The fraction of sp³-hybridized carbons (Fsp3) is 0.478. The minimum atomic E-state index is -4.09. The fourth-order valence-corrected chi connectivity index (χ4v) is 5.04. The highest BCUT2D eigenvalue weighted by Crippen LogP contribution is 2.38. The van der Waals surface area contributed by atoms with Crippen LogP contribution in [0.2, 0.25) is 5.02 Å². The highest BCUT2D eigenvalue weighted by Gasteiger charge is 2.42. The van der Waals surface area contributed by atoms with Gasteiger partial charge < -0.3 is 10.2 Å². The largest absolute Gasteiger partial charge is 0.391 e. The summed E-state index contributed by atoms with van der Waals surface area (Å²) in [5.41, 5.74) is 2.23. The van der Waals surface area contributed by atoms with Gasteiger partial charge in [-0.3, -0.25) is 0 Å². The number of benzene rings is 1. The minimum Gasteiger partial charge on any atom is -0.370 e. The Morgan fingerprint density at radius 1 is 1.27 bits per heavy atom. The first-order chi connectivity index (χ1) is 15.7. The zero-order valence-corrected chi connectivity index (χ0v) is 20.6. The number of hydrogen-bond acceptors (Lipinski definition) is 4. The smallest absolute Gasteiger partial charge is 0.370 e. The number of rotatable bonds is 7. The molecule has 1 N–H and O–H groups in total. The van der Waals surface area contributed by atoms with Crippen LogP contribution in [0.5, 0.6) is 0 Å². The summed E-state index contributed by atoms with van der Waals surface area (Å²) in [6, 6.07) is 9.42. The maximum atomic E-state index is 13.1. The molecule has 2 unspecified atom stereocenters. The van der Waals surface area contributed by atoms with E-state index in [2.05, 4.69) is 31.2 Å². The van der Waals surface area contributed by atoms with Crippen LogP contribution in [0.15, 0.2) is 41.0 Å². The Labute approximate surface area is 204 Å². The van der Waals surface area contributed by atoms with Gasteiger partial charge in [-0.05, 0) is 61.3 Å². The van der Waals surface area contributed by atoms with E-state index in [-0.39, 0.29) is 18.9 Å². The molecule has 1 aliphatic rings. The van der Waals surface area contributed by atoms with Gasteiger partial charge in [0.15, 0.2) is 5.65 Å². The van der Waals surface area contributed by atoms with Crippen LogP contribution in [-0.2, 0) is 0 Å². The van der Waals surface area contributed by atoms with Gasteiger partial charge in [-0.25, -0.2) is 4.98 Å². The molecule has 10 heteroatoms. The number of hydrogen-bond donors (Lipinski definition) is 1. The summed E-state index contributed by atoms with van der Waals surface area (Å²) in [4.78, 5) is 6.77. The van der Waals surface area contributed by atoms with Gasteiger partial charge in [-0.2, -0.15) is 22.8 Å². The standard InChI is InChI=1S/C23H26BrClF3N5/c1-32(16-7-4-6-15(12-16)23(26,27)28)11-5-10-29-21-13-20(17-8-2-3-9-19(17)25)31-22-18(24)14-30-33(21)22/h2-3,8-9,13-16,29H,4-7,10-12H2,1H3. The molecule has 1 fully saturated rings. The summed E-state index contributed by atoms with van der Waals surface area (Å²) in [5.74, 6) is -0.401. The summed E-state index contributed by atoms with van der Waals surface area (Å²) in [6.07, 6.45) is 0.289. The van der Waals surface area contributed by atoms with E-state index in [4.69, 9.17) is 16.6 Å². The Hall–Kier alpha value is -1.84. The monoisotopic (exact) mass is 543 g/mol. The average Bonchev–Trinajstić information content (AvgIpc) is 3.17. The van der Waals surface area contributed by atoms with Gasteiger partial charge in [0.2, 0.25) is 0 Å². The fourth-order valence-electron chi connectivity index (χ4n) is 4.46. The van der Waals surface area contributed by atoms with Crippen molar-refractivity contribution in [2.45, 2.75) is 44.3 Å². The molecular formula is C23H26BrClF3N5. The highest BCUT2D eigenvalue weighted by molar-refractivity contribution is 9.10. The van der Waals surface area contributed by atoms with Crippen LogP contribution in [0.3, 0.4) is 0 Å². The van der Waals surface area contributed by atoms with Gasteiger partial charge in [-0.15, -0.1) is 0 Å². The molecule has 0 saturated heterocycles. The first-order valence-corrected chi connectivity index (χ1v) is 12.2. The Kier molecular flexibility index (Phi) is 7.50. The van der Waals surface area contributed by atoms with E-state index in [1.54, 1.807) is 10.7 Å².